The van der Waals surface area contributed by atoms with Crippen LogP contribution in [0.4, 0.5) is 0 Å². The molecule has 0 aliphatic carbocycles. The zero-order valence-corrected chi connectivity index (χ0v) is 16.2. The summed E-state index contributed by atoms with van der Waals surface area (Å²) in [6, 6.07) is 12.7. The van der Waals surface area contributed by atoms with Gasteiger partial charge >= 0.3 is 0 Å². The van der Waals surface area contributed by atoms with Gasteiger partial charge in [0.2, 0.25) is 0 Å². The molecule has 0 bridgehead atoms. The predicted octanol–water partition coefficient (Wildman–Crippen LogP) is 3.94. The van der Waals surface area contributed by atoms with E-state index in [9.17, 15) is 0 Å². The molecule has 0 aliphatic heterocycles. The van der Waals surface area contributed by atoms with Crippen molar-refractivity contribution in [2.24, 2.45) is 0 Å². The number of nitrogens with zero attached hydrogens (tertiary/aromatic N) is 2. The highest BCUT2D eigenvalue weighted by Gasteiger charge is 2.08. The van der Waals surface area contributed by atoms with Crippen LogP contribution in [-0.4, -0.2) is 64.3 Å². The predicted molar refractivity (Wildman–Crippen MR) is 107 cm³/mol. The molecule has 2 aromatic carbocycles. The van der Waals surface area contributed by atoms with E-state index in [-0.39, 0.29) is 0 Å². The molecule has 3 aromatic rings. The first-order valence-corrected chi connectivity index (χ1v) is 9.36. The van der Waals surface area contributed by atoms with Crippen molar-refractivity contribution >= 4 is 31.5 Å². The highest BCUT2D eigenvalue weighted by molar-refractivity contribution is 7.25. The lowest BCUT2D eigenvalue weighted by molar-refractivity contribution is 0.261. The Morgan fingerprint density at radius 3 is 1.96 bits per heavy atom. The molecule has 3 rings (SSSR count). The second kappa shape index (κ2) is 8.04. The maximum Gasteiger partial charge on any atom is 0.120 e. The van der Waals surface area contributed by atoms with Gasteiger partial charge in [0, 0.05) is 33.3 Å². The smallest absolute Gasteiger partial charge is 0.120 e. The lowest BCUT2D eigenvalue weighted by Crippen LogP contribution is -2.19. The molecule has 0 N–H and O–H groups in total. The van der Waals surface area contributed by atoms with Gasteiger partial charge in [-0.05, 0) is 64.6 Å². The normalized spacial score (nSPS) is 11.8. The van der Waals surface area contributed by atoms with E-state index in [0.29, 0.717) is 13.2 Å². The van der Waals surface area contributed by atoms with Crippen molar-refractivity contribution < 1.29 is 9.47 Å². The molecule has 4 nitrogen and oxygen atoms in total. The van der Waals surface area contributed by atoms with Crippen LogP contribution in [0.2, 0.25) is 0 Å². The third-order valence-corrected chi connectivity index (χ3v) is 5.16. The summed E-state index contributed by atoms with van der Waals surface area (Å²) in [5, 5.41) is 2.51. The molecule has 0 aliphatic rings. The van der Waals surface area contributed by atoms with Crippen molar-refractivity contribution in [1.82, 2.24) is 9.80 Å². The standard InChI is InChI=1S/C20H26N2O2S/c1-21(2)9-11-23-15-6-8-19-18(13-15)17-7-5-16(14-20(17)25-19)24-12-10-22(3)4/h5-8,13-14H,9-12H2,1-4H3. The zero-order valence-electron chi connectivity index (χ0n) is 15.4. The first kappa shape index (κ1) is 18.0. The Bertz CT molecular complexity index is 842. The van der Waals surface area contributed by atoms with Gasteiger partial charge < -0.3 is 19.3 Å². The third kappa shape index (κ3) is 4.63. The van der Waals surface area contributed by atoms with E-state index in [4.69, 9.17) is 9.47 Å². The van der Waals surface area contributed by atoms with E-state index >= 15 is 0 Å². The molecule has 134 valence electrons. The molecule has 1 heterocycles. The molecule has 0 saturated heterocycles. The van der Waals surface area contributed by atoms with Gasteiger partial charge in [-0.3, -0.25) is 0 Å². The molecule has 0 spiro atoms. The Morgan fingerprint density at radius 1 is 0.720 bits per heavy atom. The molecule has 1 aromatic heterocycles. The van der Waals surface area contributed by atoms with Gasteiger partial charge in [-0.15, -0.1) is 11.3 Å². The van der Waals surface area contributed by atoms with Crippen LogP contribution in [0, 0.1) is 0 Å². The van der Waals surface area contributed by atoms with Crippen LogP contribution in [0.3, 0.4) is 0 Å². The summed E-state index contributed by atoms with van der Waals surface area (Å²) < 4.78 is 14.3. The van der Waals surface area contributed by atoms with Crippen molar-refractivity contribution in [3.63, 3.8) is 0 Å². The molecule has 0 fully saturated rings. The van der Waals surface area contributed by atoms with Crippen LogP contribution in [-0.2, 0) is 0 Å². The number of thiophene rings is 1. The lowest BCUT2D eigenvalue weighted by atomic mass is 10.1. The van der Waals surface area contributed by atoms with Gasteiger partial charge in [-0.1, -0.05) is 0 Å². The highest BCUT2D eigenvalue weighted by atomic mass is 32.1. The minimum absolute atomic E-state index is 0.699. The average Bonchev–Trinajstić information content (AvgIpc) is 2.91. The van der Waals surface area contributed by atoms with Gasteiger partial charge in [0.05, 0.1) is 0 Å². The molecular formula is C20H26N2O2S. The summed E-state index contributed by atoms with van der Waals surface area (Å²) in [7, 11) is 8.21. The fourth-order valence-corrected chi connectivity index (χ4v) is 3.72. The van der Waals surface area contributed by atoms with Crippen LogP contribution in [0.15, 0.2) is 36.4 Å². The molecule has 0 amide bonds. The number of benzene rings is 2. The van der Waals surface area contributed by atoms with Crippen LogP contribution < -0.4 is 9.47 Å². The van der Waals surface area contributed by atoms with Gasteiger partial charge in [0.15, 0.2) is 0 Å². The van der Waals surface area contributed by atoms with E-state index < -0.39 is 0 Å². The van der Waals surface area contributed by atoms with Gasteiger partial charge in [0.1, 0.15) is 24.7 Å². The Hall–Kier alpha value is -1.82. The van der Waals surface area contributed by atoms with Crippen LogP contribution >= 0.6 is 11.3 Å². The molecule has 0 saturated carbocycles. The summed E-state index contributed by atoms with van der Waals surface area (Å²) in [6.07, 6.45) is 0. The lowest BCUT2D eigenvalue weighted by Gasteiger charge is -2.11. The Labute approximate surface area is 153 Å². The molecule has 0 radical (unpaired) electrons. The fraction of sp³-hybridized carbons (Fsp3) is 0.400. The van der Waals surface area contributed by atoms with Crippen LogP contribution in [0.5, 0.6) is 11.5 Å². The second-order valence-corrected chi connectivity index (χ2v) is 7.81. The number of fused-ring (bicyclic) bond motifs is 3. The SMILES string of the molecule is CN(C)CCOc1ccc2c(c1)sc1ccc(OCCN(C)C)cc12. The van der Waals surface area contributed by atoms with E-state index in [2.05, 4.69) is 74.4 Å². The minimum atomic E-state index is 0.699. The van der Waals surface area contributed by atoms with Crippen molar-refractivity contribution in [3.05, 3.63) is 36.4 Å². The third-order valence-electron chi connectivity index (χ3n) is 4.03. The van der Waals surface area contributed by atoms with Crippen molar-refractivity contribution in [1.29, 1.82) is 0 Å². The molecule has 5 heteroatoms. The fourth-order valence-electron chi connectivity index (χ4n) is 2.61. The molecule has 0 atom stereocenters. The summed E-state index contributed by atoms with van der Waals surface area (Å²) >= 11 is 1.80. The number of hydrogen-bond acceptors (Lipinski definition) is 5. The Morgan fingerprint density at radius 2 is 1.32 bits per heavy atom. The quantitative estimate of drug-likeness (QED) is 0.609. The largest absolute Gasteiger partial charge is 0.492 e. The summed E-state index contributed by atoms with van der Waals surface area (Å²) in [6.45, 7) is 3.23. The van der Waals surface area contributed by atoms with Gasteiger partial charge in [0.25, 0.3) is 0 Å². The number of likely N-dealkylation sites (N-methyl/N-ethyl adjacent to an activating group) is 2. The molecule has 25 heavy (non-hydrogen) atoms. The summed E-state index contributed by atoms with van der Waals surface area (Å²) in [5.41, 5.74) is 0. The van der Waals surface area contributed by atoms with Crippen molar-refractivity contribution in [2.45, 2.75) is 0 Å². The van der Waals surface area contributed by atoms with Gasteiger partial charge in [-0.25, -0.2) is 0 Å². The Balaban J connectivity index is 1.79. The first-order valence-electron chi connectivity index (χ1n) is 8.54. The zero-order chi connectivity index (χ0) is 17.8. The van der Waals surface area contributed by atoms with E-state index in [1.807, 2.05) is 0 Å². The van der Waals surface area contributed by atoms with Crippen molar-refractivity contribution in [3.8, 4) is 11.5 Å². The number of hydrogen-bond donors (Lipinski definition) is 0. The van der Waals surface area contributed by atoms with E-state index in [1.54, 1.807) is 11.3 Å². The van der Waals surface area contributed by atoms with Crippen LogP contribution in [0.1, 0.15) is 0 Å². The van der Waals surface area contributed by atoms with E-state index in [1.165, 1.54) is 20.2 Å². The maximum atomic E-state index is 5.88. The minimum Gasteiger partial charge on any atom is -0.492 e. The first-order chi connectivity index (χ1) is 12.0. The molecule has 0 unspecified atom stereocenters. The number of rotatable bonds is 8. The average molecular weight is 359 g/mol. The second-order valence-electron chi connectivity index (χ2n) is 6.72. The molecular weight excluding hydrogens is 332 g/mol. The topological polar surface area (TPSA) is 24.9 Å². The van der Waals surface area contributed by atoms with Gasteiger partial charge in [-0.2, -0.15) is 0 Å². The summed E-state index contributed by atoms with van der Waals surface area (Å²) in [4.78, 5) is 4.24. The maximum absolute atomic E-state index is 5.88. The number of ether oxygens (including phenoxy) is 2. The van der Waals surface area contributed by atoms with Crippen LogP contribution in [0.25, 0.3) is 20.2 Å². The summed E-state index contributed by atoms with van der Waals surface area (Å²) in [5.74, 6) is 1.86. The van der Waals surface area contributed by atoms with E-state index in [0.717, 1.165) is 24.6 Å². The Kier molecular flexibility index (Phi) is 5.78. The van der Waals surface area contributed by atoms with Crippen molar-refractivity contribution in [2.75, 3.05) is 54.5 Å². The highest BCUT2D eigenvalue weighted by Crippen LogP contribution is 2.37. The monoisotopic (exact) mass is 358 g/mol.